The number of likely N-dealkylation sites (N-methyl/N-ethyl adjacent to an activating group) is 1. The van der Waals surface area contributed by atoms with Crippen LogP contribution in [0, 0.1) is 5.92 Å². The largest absolute Gasteiger partial charge is 0.308 e. The first-order valence-electron chi connectivity index (χ1n) is 6.50. The van der Waals surface area contributed by atoms with E-state index in [1.54, 1.807) is 0 Å². The van der Waals surface area contributed by atoms with Gasteiger partial charge in [0.2, 0.25) is 0 Å². The van der Waals surface area contributed by atoms with Gasteiger partial charge in [0.1, 0.15) is 0 Å². The van der Waals surface area contributed by atoms with Gasteiger partial charge in [-0.25, -0.2) is 0 Å². The van der Waals surface area contributed by atoms with Gasteiger partial charge in [-0.05, 0) is 48.8 Å². The fraction of sp³-hybridized carbons (Fsp3) is 0.769. The Labute approximate surface area is 126 Å². The van der Waals surface area contributed by atoms with E-state index in [1.165, 1.54) is 23.0 Å². The third-order valence-electron chi connectivity index (χ3n) is 3.90. The molecule has 0 aliphatic heterocycles. The molecule has 0 spiro atoms. The van der Waals surface area contributed by atoms with Gasteiger partial charge in [0.25, 0.3) is 0 Å². The van der Waals surface area contributed by atoms with Crippen LogP contribution in [0.15, 0.2) is 10.7 Å². The van der Waals surface area contributed by atoms with Gasteiger partial charge in [0, 0.05) is 17.3 Å². The molecule has 1 aromatic rings. The Hall–Kier alpha value is 0.130. The molecular weight excluding hydrogens is 358 g/mol. The lowest BCUT2D eigenvalue weighted by atomic mass is 9.94. The quantitative estimate of drug-likeness (QED) is 0.747. The molecule has 1 heterocycles. The molecule has 1 aliphatic carbocycles. The normalized spacial score (nSPS) is 28.2. The van der Waals surface area contributed by atoms with Gasteiger partial charge in [-0.15, -0.1) is 0 Å². The van der Waals surface area contributed by atoms with E-state index in [9.17, 15) is 0 Å². The number of nitrogens with zero attached hydrogens (tertiary/aromatic N) is 3. The van der Waals surface area contributed by atoms with E-state index in [0.29, 0.717) is 16.7 Å². The molecule has 0 amide bonds. The first kappa shape index (κ1) is 14.5. The molecule has 5 heteroatoms. The van der Waals surface area contributed by atoms with Crippen molar-refractivity contribution < 1.29 is 0 Å². The summed E-state index contributed by atoms with van der Waals surface area (Å²) in [5.41, 5.74) is 1.38. The van der Waals surface area contributed by atoms with Crippen LogP contribution in [0.4, 0.5) is 0 Å². The molecular formula is C13H21Br2N3. The number of aromatic nitrogens is 2. The summed E-state index contributed by atoms with van der Waals surface area (Å²) >= 11 is 7.46. The summed E-state index contributed by atoms with van der Waals surface area (Å²) in [6.45, 7) is 4.33. The van der Waals surface area contributed by atoms with Crippen LogP contribution >= 0.6 is 31.9 Å². The van der Waals surface area contributed by atoms with Gasteiger partial charge < -0.3 is 4.90 Å². The zero-order chi connectivity index (χ0) is 13.3. The molecule has 2 rings (SSSR count). The highest BCUT2D eigenvalue weighted by atomic mass is 79.9. The first-order valence-corrected chi connectivity index (χ1v) is 8.21. The molecule has 3 nitrogen and oxygen atoms in total. The van der Waals surface area contributed by atoms with Crippen molar-refractivity contribution in [3.05, 3.63) is 16.4 Å². The van der Waals surface area contributed by atoms with Crippen LogP contribution in [0.25, 0.3) is 0 Å². The fourth-order valence-electron chi connectivity index (χ4n) is 2.72. The Morgan fingerprint density at radius 3 is 2.72 bits per heavy atom. The Balaban J connectivity index is 2.18. The van der Waals surface area contributed by atoms with Crippen LogP contribution in [-0.4, -0.2) is 40.1 Å². The number of halogens is 2. The smallest absolute Gasteiger partial charge is 0.0635 e. The number of rotatable bonds is 4. The number of alkyl halides is 1. The lowest BCUT2D eigenvalue weighted by molar-refractivity contribution is 0.362. The molecule has 3 unspecified atom stereocenters. The van der Waals surface area contributed by atoms with Crippen molar-refractivity contribution in [2.24, 2.45) is 5.92 Å². The van der Waals surface area contributed by atoms with Crippen molar-refractivity contribution in [2.75, 3.05) is 20.6 Å². The highest BCUT2D eigenvalue weighted by Gasteiger charge is 2.35. The van der Waals surface area contributed by atoms with Crippen LogP contribution in [0.2, 0.25) is 0 Å². The van der Waals surface area contributed by atoms with E-state index in [1.807, 2.05) is 6.20 Å². The molecule has 1 aromatic heterocycles. The average molecular weight is 379 g/mol. The number of hydrogen-bond donors (Lipinski definition) is 0. The Kier molecular flexibility index (Phi) is 4.89. The second-order valence-electron chi connectivity index (χ2n) is 5.46. The standard InChI is InChI=1S/C13H21Br2N3/c1-9-10(4-5-11(9)14)13-12(15)8-16-18(13)7-6-17(2)3/h8-11H,4-7H2,1-3H3. The maximum Gasteiger partial charge on any atom is 0.0635 e. The van der Waals surface area contributed by atoms with Gasteiger partial charge in [0.05, 0.1) is 22.9 Å². The summed E-state index contributed by atoms with van der Waals surface area (Å²) in [6.07, 6.45) is 4.46. The van der Waals surface area contributed by atoms with Crippen molar-refractivity contribution in [3.8, 4) is 0 Å². The lowest BCUT2D eigenvalue weighted by Gasteiger charge is -2.20. The van der Waals surface area contributed by atoms with E-state index in [2.05, 4.69) is 67.6 Å². The van der Waals surface area contributed by atoms with Crippen LogP contribution in [-0.2, 0) is 6.54 Å². The predicted octanol–water partition coefficient (Wildman–Crippen LogP) is 3.48. The van der Waals surface area contributed by atoms with Gasteiger partial charge in [-0.1, -0.05) is 22.9 Å². The van der Waals surface area contributed by atoms with Crippen molar-refractivity contribution in [3.63, 3.8) is 0 Å². The second-order valence-corrected chi connectivity index (χ2v) is 7.49. The van der Waals surface area contributed by atoms with E-state index in [0.717, 1.165) is 13.1 Å². The molecule has 0 saturated heterocycles. The van der Waals surface area contributed by atoms with Crippen LogP contribution < -0.4 is 0 Å². The predicted molar refractivity (Wildman–Crippen MR) is 82.3 cm³/mol. The first-order chi connectivity index (χ1) is 8.50. The minimum absolute atomic E-state index is 0.619. The average Bonchev–Trinajstić information content (AvgIpc) is 2.82. The Bertz CT molecular complexity index is 403. The van der Waals surface area contributed by atoms with Gasteiger partial charge in [0.15, 0.2) is 0 Å². The Morgan fingerprint density at radius 2 is 2.17 bits per heavy atom. The molecule has 1 aliphatic rings. The van der Waals surface area contributed by atoms with Gasteiger partial charge in [-0.2, -0.15) is 5.10 Å². The molecule has 0 bridgehead atoms. The molecule has 0 N–H and O–H groups in total. The zero-order valence-electron chi connectivity index (χ0n) is 11.2. The molecule has 1 saturated carbocycles. The maximum absolute atomic E-state index is 4.52. The van der Waals surface area contributed by atoms with Crippen LogP contribution in [0.3, 0.4) is 0 Å². The monoisotopic (exact) mass is 377 g/mol. The van der Waals surface area contributed by atoms with E-state index >= 15 is 0 Å². The fourth-order valence-corrected chi connectivity index (χ4v) is 3.94. The van der Waals surface area contributed by atoms with E-state index < -0.39 is 0 Å². The molecule has 18 heavy (non-hydrogen) atoms. The molecule has 0 aromatic carbocycles. The summed E-state index contributed by atoms with van der Waals surface area (Å²) in [7, 11) is 4.20. The molecule has 0 radical (unpaired) electrons. The Morgan fingerprint density at radius 1 is 1.44 bits per heavy atom. The van der Waals surface area contributed by atoms with E-state index in [4.69, 9.17) is 0 Å². The van der Waals surface area contributed by atoms with Crippen LogP contribution in [0.5, 0.6) is 0 Å². The van der Waals surface area contributed by atoms with Crippen molar-refractivity contribution in [1.29, 1.82) is 0 Å². The summed E-state index contributed by atoms with van der Waals surface area (Å²) < 4.78 is 3.34. The van der Waals surface area contributed by atoms with Crippen molar-refractivity contribution in [2.45, 2.75) is 37.1 Å². The van der Waals surface area contributed by atoms with Gasteiger partial charge in [-0.3, -0.25) is 4.68 Å². The molecule has 102 valence electrons. The summed E-state index contributed by atoms with van der Waals surface area (Å²) in [5, 5.41) is 4.52. The SMILES string of the molecule is CC1C(Br)CCC1c1c(Br)cnn1CCN(C)C. The lowest BCUT2D eigenvalue weighted by Crippen LogP contribution is -2.22. The maximum atomic E-state index is 4.52. The molecule has 1 fully saturated rings. The summed E-state index contributed by atoms with van der Waals surface area (Å²) in [4.78, 5) is 2.84. The van der Waals surface area contributed by atoms with Crippen molar-refractivity contribution in [1.82, 2.24) is 14.7 Å². The topological polar surface area (TPSA) is 21.1 Å². The van der Waals surface area contributed by atoms with E-state index in [-0.39, 0.29) is 0 Å². The summed E-state index contributed by atoms with van der Waals surface area (Å²) in [5.74, 6) is 1.30. The number of hydrogen-bond acceptors (Lipinski definition) is 2. The zero-order valence-corrected chi connectivity index (χ0v) is 14.4. The minimum atomic E-state index is 0.619. The third kappa shape index (κ3) is 2.99. The minimum Gasteiger partial charge on any atom is -0.308 e. The molecule has 3 atom stereocenters. The highest BCUT2D eigenvalue weighted by molar-refractivity contribution is 9.10. The van der Waals surface area contributed by atoms with Gasteiger partial charge >= 0.3 is 0 Å². The van der Waals surface area contributed by atoms with Crippen molar-refractivity contribution >= 4 is 31.9 Å². The highest BCUT2D eigenvalue weighted by Crippen LogP contribution is 2.44. The second kappa shape index (κ2) is 6.06. The van der Waals surface area contributed by atoms with Crippen LogP contribution in [0.1, 0.15) is 31.4 Å². The summed E-state index contributed by atoms with van der Waals surface area (Å²) in [6, 6.07) is 0. The third-order valence-corrected chi connectivity index (χ3v) is 5.80.